The topological polar surface area (TPSA) is 173 Å². The molecule has 2 heterocycles. The molecule has 14 heteroatoms. The molecule has 49 heavy (non-hydrogen) atoms. The fourth-order valence-corrected chi connectivity index (χ4v) is 7.62. The molecule has 5 atom stereocenters. The first-order valence-electron chi connectivity index (χ1n) is 16.6. The zero-order valence-corrected chi connectivity index (χ0v) is 30.0. The largest absolute Gasteiger partial charge is 0.472 e. The van der Waals surface area contributed by atoms with Gasteiger partial charge in [-0.3, -0.25) is 19.1 Å². The van der Waals surface area contributed by atoms with Gasteiger partial charge in [0.1, 0.15) is 29.3 Å². The van der Waals surface area contributed by atoms with Crippen LogP contribution < -0.4 is 20.1 Å². The molecular formula is C35H47N5O8S. The zero-order chi connectivity index (χ0) is 36.1. The highest BCUT2D eigenvalue weighted by Crippen LogP contribution is 2.45. The average Bonchev–Trinajstić information content (AvgIpc) is 3.91. The highest BCUT2D eigenvalue weighted by molar-refractivity contribution is 7.91. The van der Waals surface area contributed by atoms with Crippen molar-refractivity contribution >= 4 is 44.6 Å². The van der Waals surface area contributed by atoms with E-state index < -0.39 is 79.7 Å². The Morgan fingerprint density at radius 3 is 2.39 bits per heavy atom. The fraction of sp³-hybridized carbons (Fsp3) is 0.571. The summed E-state index contributed by atoms with van der Waals surface area (Å²) >= 11 is 0. The lowest BCUT2D eigenvalue weighted by Gasteiger charge is -2.36. The maximum absolute atomic E-state index is 14.4. The van der Waals surface area contributed by atoms with Gasteiger partial charge in [-0.15, -0.1) is 6.58 Å². The van der Waals surface area contributed by atoms with E-state index in [4.69, 9.17) is 9.47 Å². The Balaban J connectivity index is 1.45. The van der Waals surface area contributed by atoms with Crippen LogP contribution in [0.4, 0.5) is 4.79 Å². The molecule has 3 N–H and O–H groups in total. The molecule has 4 amide bonds. The van der Waals surface area contributed by atoms with E-state index in [1.165, 1.54) is 11.0 Å². The van der Waals surface area contributed by atoms with E-state index in [0.717, 1.165) is 16.3 Å². The molecule has 0 radical (unpaired) electrons. The third-order valence-electron chi connectivity index (χ3n) is 9.11. The standard InChI is InChI=1S/C35H47N5O8S/c1-9-22-18-35(22,31(43)39-49(45,46)24-13-14-24)38-28(41)25-17-23(47-29-26-20(2)11-10-12-21(26)15-16-36-29)19-40(25)30(42)27(33(3,4)5)37-32(44)48-34(6,7)8/h9-12,15-16,22-25,27H,1,13-14,17-19H2,2-8H3,(H,37,44)(H,38,41)(H,39,43)/t22-,23?,25+,27-,35-/m1/s1. The number of nitrogens with zero attached hydrogens (tertiary/aromatic N) is 2. The second kappa shape index (κ2) is 12.9. The van der Waals surface area contributed by atoms with Crippen LogP contribution in [0, 0.1) is 18.3 Å². The number of sulfonamides is 1. The van der Waals surface area contributed by atoms with Crippen LogP contribution in [-0.2, 0) is 29.1 Å². The SMILES string of the molecule is C=C[C@@H]1C[C@]1(NC(=O)[C@@H]1CC(Oc2nccc3cccc(C)c23)CN1C(=O)[C@@H](NC(=O)OC(C)(C)C)C(C)(C)C)C(=O)NS(=O)(=O)C1CC1. The van der Waals surface area contributed by atoms with E-state index in [0.29, 0.717) is 18.7 Å². The van der Waals surface area contributed by atoms with Gasteiger partial charge in [-0.25, -0.2) is 18.2 Å². The van der Waals surface area contributed by atoms with Gasteiger partial charge >= 0.3 is 6.09 Å². The number of hydrogen-bond donors (Lipinski definition) is 3. The van der Waals surface area contributed by atoms with Crippen molar-refractivity contribution in [3.05, 3.63) is 48.7 Å². The van der Waals surface area contributed by atoms with Gasteiger partial charge in [-0.1, -0.05) is 45.0 Å². The van der Waals surface area contributed by atoms with Gasteiger partial charge in [0.05, 0.1) is 11.8 Å². The highest BCUT2D eigenvalue weighted by Gasteiger charge is 2.62. The number of carbonyl (C=O) groups is 4. The van der Waals surface area contributed by atoms with Gasteiger partial charge in [-0.2, -0.15) is 0 Å². The van der Waals surface area contributed by atoms with Crippen molar-refractivity contribution in [2.75, 3.05) is 6.54 Å². The van der Waals surface area contributed by atoms with Gasteiger partial charge in [0.2, 0.25) is 27.7 Å². The molecule has 2 aliphatic carbocycles. The van der Waals surface area contributed by atoms with Crippen molar-refractivity contribution in [1.29, 1.82) is 0 Å². The molecule has 13 nitrogen and oxygen atoms in total. The number of likely N-dealkylation sites (tertiary alicyclic amines) is 1. The van der Waals surface area contributed by atoms with Crippen molar-refractivity contribution in [3.63, 3.8) is 0 Å². The molecule has 0 spiro atoms. The van der Waals surface area contributed by atoms with E-state index in [9.17, 15) is 27.6 Å². The number of fused-ring (bicyclic) bond motifs is 1. The molecule has 2 aromatic rings. The van der Waals surface area contributed by atoms with Gasteiger partial charge in [0.25, 0.3) is 5.91 Å². The summed E-state index contributed by atoms with van der Waals surface area (Å²) in [4.78, 5) is 60.7. The summed E-state index contributed by atoms with van der Waals surface area (Å²) in [6.07, 6.45) is 2.77. The number of nitrogens with one attached hydrogen (secondary N) is 3. The number of alkyl carbamates (subject to hydrolysis) is 1. The summed E-state index contributed by atoms with van der Waals surface area (Å²) in [5.74, 6) is -2.20. The number of aryl methyl sites for hydroxylation is 1. The number of benzene rings is 1. The quantitative estimate of drug-likeness (QED) is 0.314. The summed E-state index contributed by atoms with van der Waals surface area (Å²) < 4.78 is 39.3. The van der Waals surface area contributed by atoms with Crippen LogP contribution in [0.25, 0.3) is 10.8 Å². The van der Waals surface area contributed by atoms with Crippen LogP contribution in [0.15, 0.2) is 43.1 Å². The van der Waals surface area contributed by atoms with E-state index in [1.54, 1.807) is 47.7 Å². The number of rotatable bonds is 10. The Hall–Kier alpha value is -4.20. The van der Waals surface area contributed by atoms with Crippen molar-refractivity contribution in [3.8, 4) is 5.88 Å². The minimum absolute atomic E-state index is 0.0242. The molecule has 3 aliphatic rings. The van der Waals surface area contributed by atoms with E-state index in [1.807, 2.05) is 31.2 Å². The number of hydrogen-bond acceptors (Lipinski definition) is 9. The smallest absolute Gasteiger partial charge is 0.408 e. The predicted octanol–water partition coefficient (Wildman–Crippen LogP) is 3.50. The fourth-order valence-electron chi connectivity index (χ4n) is 6.25. The number of ether oxygens (including phenoxy) is 2. The highest BCUT2D eigenvalue weighted by atomic mass is 32.2. The van der Waals surface area contributed by atoms with Crippen molar-refractivity contribution in [1.82, 2.24) is 25.2 Å². The lowest BCUT2D eigenvalue weighted by molar-refractivity contribution is -0.143. The minimum Gasteiger partial charge on any atom is -0.472 e. The van der Waals surface area contributed by atoms with Gasteiger partial charge in [0, 0.05) is 23.9 Å². The summed E-state index contributed by atoms with van der Waals surface area (Å²) in [6.45, 7) is 16.2. The maximum Gasteiger partial charge on any atom is 0.408 e. The lowest BCUT2D eigenvalue weighted by atomic mass is 9.85. The van der Waals surface area contributed by atoms with Gasteiger partial charge in [-0.05, 0) is 69.4 Å². The minimum atomic E-state index is -3.89. The molecule has 3 fully saturated rings. The third kappa shape index (κ3) is 7.84. The third-order valence-corrected chi connectivity index (χ3v) is 10.9. The monoisotopic (exact) mass is 697 g/mol. The van der Waals surface area contributed by atoms with E-state index in [2.05, 4.69) is 26.9 Å². The van der Waals surface area contributed by atoms with Gasteiger partial charge < -0.3 is 25.0 Å². The summed E-state index contributed by atoms with van der Waals surface area (Å²) in [6, 6.07) is 5.44. The Labute approximate surface area is 287 Å². The molecule has 1 aromatic carbocycles. The molecule has 1 unspecified atom stereocenters. The Morgan fingerprint density at radius 1 is 1.10 bits per heavy atom. The first kappa shape index (κ1) is 36.1. The van der Waals surface area contributed by atoms with Crippen molar-refractivity contribution < 1.29 is 37.1 Å². The summed E-state index contributed by atoms with van der Waals surface area (Å²) in [7, 11) is -3.89. The maximum atomic E-state index is 14.4. The summed E-state index contributed by atoms with van der Waals surface area (Å²) in [5, 5.41) is 6.57. The van der Waals surface area contributed by atoms with E-state index >= 15 is 0 Å². The zero-order valence-electron chi connectivity index (χ0n) is 29.2. The Bertz CT molecular complexity index is 1770. The molecule has 2 saturated carbocycles. The second-order valence-electron chi connectivity index (χ2n) is 15.4. The van der Waals surface area contributed by atoms with Crippen LogP contribution in [0.5, 0.6) is 5.88 Å². The number of carbonyl (C=O) groups excluding carboxylic acids is 4. The van der Waals surface area contributed by atoms with Crippen LogP contribution in [-0.4, -0.2) is 83.2 Å². The van der Waals surface area contributed by atoms with Crippen LogP contribution in [0.2, 0.25) is 0 Å². The molecule has 0 bridgehead atoms. The Kier molecular flexibility index (Phi) is 9.52. The summed E-state index contributed by atoms with van der Waals surface area (Å²) in [5.41, 5.74) is -2.22. The van der Waals surface area contributed by atoms with Crippen molar-refractivity contribution in [2.24, 2.45) is 11.3 Å². The average molecular weight is 698 g/mol. The molecular weight excluding hydrogens is 650 g/mol. The predicted molar refractivity (Wildman–Crippen MR) is 183 cm³/mol. The molecule has 1 aliphatic heterocycles. The molecule has 266 valence electrons. The molecule has 5 rings (SSSR count). The molecule has 1 saturated heterocycles. The van der Waals surface area contributed by atoms with Crippen LogP contribution in [0.3, 0.4) is 0 Å². The van der Waals surface area contributed by atoms with Gasteiger partial charge in [0.15, 0.2) is 0 Å². The normalized spacial score (nSPS) is 24.5. The van der Waals surface area contributed by atoms with Crippen molar-refractivity contribution in [2.45, 2.75) is 109 Å². The second-order valence-corrected chi connectivity index (χ2v) is 17.4. The van der Waals surface area contributed by atoms with Crippen LogP contribution in [0.1, 0.15) is 72.8 Å². The van der Waals surface area contributed by atoms with Crippen LogP contribution >= 0.6 is 0 Å². The number of pyridine rings is 1. The van der Waals surface area contributed by atoms with E-state index in [-0.39, 0.29) is 19.4 Å². The first-order chi connectivity index (χ1) is 22.8. The lowest BCUT2D eigenvalue weighted by Crippen LogP contribution is -2.60. The molecule has 1 aromatic heterocycles. The Morgan fingerprint density at radius 2 is 1.80 bits per heavy atom. The number of amides is 4. The first-order valence-corrected chi connectivity index (χ1v) is 18.1. The number of aromatic nitrogens is 1.